The fourth-order valence-electron chi connectivity index (χ4n) is 1.99. The third kappa shape index (κ3) is 7.95. The predicted octanol–water partition coefficient (Wildman–Crippen LogP) is 0.665. The summed E-state index contributed by atoms with van der Waals surface area (Å²) in [5.41, 5.74) is 0. The van der Waals surface area contributed by atoms with Crippen LogP contribution in [0.1, 0.15) is 20.3 Å². The number of amides is 1. The second kappa shape index (κ2) is 11.7. The van der Waals surface area contributed by atoms with Crippen LogP contribution in [0.4, 0.5) is 0 Å². The van der Waals surface area contributed by atoms with Gasteiger partial charge in [0.15, 0.2) is 0 Å². The van der Waals surface area contributed by atoms with Crippen LogP contribution in [0.2, 0.25) is 0 Å². The number of hydrogen-bond acceptors (Lipinski definition) is 4. The summed E-state index contributed by atoms with van der Waals surface area (Å²) in [6.45, 7) is 8.46. The lowest BCUT2D eigenvalue weighted by molar-refractivity contribution is -0.122. The van der Waals surface area contributed by atoms with E-state index in [1.807, 2.05) is 7.05 Å². The number of nitrogens with one attached hydrogen (secondary N) is 2. The molecule has 1 saturated heterocycles. The van der Waals surface area contributed by atoms with E-state index in [-0.39, 0.29) is 36.8 Å². The zero-order valence-electron chi connectivity index (χ0n) is 12.0. The minimum Gasteiger partial charge on any atom is -0.379 e. The maximum absolute atomic E-state index is 11.6. The molecular formula is C12H27Cl2N3O2. The molecule has 1 fully saturated rings. The minimum absolute atomic E-state index is 0. The van der Waals surface area contributed by atoms with Crippen molar-refractivity contribution in [2.45, 2.75) is 32.4 Å². The summed E-state index contributed by atoms with van der Waals surface area (Å²) in [6, 6.07) is 0.537. The van der Waals surface area contributed by atoms with E-state index in [0.717, 1.165) is 32.8 Å². The van der Waals surface area contributed by atoms with Gasteiger partial charge in [0, 0.05) is 38.1 Å². The molecule has 0 bridgehead atoms. The zero-order valence-corrected chi connectivity index (χ0v) is 13.6. The Balaban J connectivity index is 0. The van der Waals surface area contributed by atoms with Gasteiger partial charge in [-0.15, -0.1) is 24.8 Å². The van der Waals surface area contributed by atoms with Crippen LogP contribution < -0.4 is 10.6 Å². The molecule has 0 aromatic carbocycles. The summed E-state index contributed by atoms with van der Waals surface area (Å²) in [4.78, 5) is 14.0. The second-order valence-corrected chi connectivity index (χ2v) is 4.60. The first-order valence-electron chi connectivity index (χ1n) is 6.41. The average molecular weight is 316 g/mol. The SMILES string of the molecule is CNCCC(=O)NC(C)C(C)N1CCOCC1.Cl.Cl. The van der Waals surface area contributed by atoms with Gasteiger partial charge in [0.2, 0.25) is 5.91 Å². The molecular weight excluding hydrogens is 289 g/mol. The summed E-state index contributed by atoms with van der Waals surface area (Å²) >= 11 is 0. The van der Waals surface area contributed by atoms with E-state index < -0.39 is 0 Å². The number of rotatable bonds is 6. The molecule has 116 valence electrons. The largest absolute Gasteiger partial charge is 0.379 e. The lowest BCUT2D eigenvalue weighted by Crippen LogP contribution is -2.52. The number of carbonyl (C=O) groups excluding carboxylic acids is 1. The topological polar surface area (TPSA) is 53.6 Å². The molecule has 2 unspecified atom stereocenters. The normalized spacial score (nSPS) is 18.7. The highest BCUT2D eigenvalue weighted by molar-refractivity contribution is 5.85. The van der Waals surface area contributed by atoms with Gasteiger partial charge in [-0.1, -0.05) is 0 Å². The zero-order chi connectivity index (χ0) is 12.7. The maximum atomic E-state index is 11.6. The smallest absolute Gasteiger partial charge is 0.221 e. The van der Waals surface area contributed by atoms with Gasteiger partial charge in [0.25, 0.3) is 0 Å². The maximum Gasteiger partial charge on any atom is 0.221 e. The predicted molar refractivity (Wildman–Crippen MR) is 82.5 cm³/mol. The number of halogens is 2. The molecule has 0 aromatic heterocycles. The first kappa shape index (κ1) is 21.2. The van der Waals surface area contributed by atoms with Gasteiger partial charge < -0.3 is 15.4 Å². The lowest BCUT2D eigenvalue weighted by atomic mass is 10.1. The molecule has 5 nitrogen and oxygen atoms in total. The van der Waals surface area contributed by atoms with Gasteiger partial charge in [-0.3, -0.25) is 9.69 Å². The number of carbonyl (C=O) groups is 1. The average Bonchev–Trinajstić information content (AvgIpc) is 2.36. The Hall–Kier alpha value is -0.0700. The highest BCUT2D eigenvalue weighted by atomic mass is 35.5. The summed E-state index contributed by atoms with van der Waals surface area (Å²) in [5, 5.41) is 6.03. The molecule has 2 atom stereocenters. The third-order valence-corrected chi connectivity index (χ3v) is 3.34. The molecule has 0 aliphatic carbocycles. The molecule has 2 N–H and O–H groups in total. The van der Waals surface area contributed by atoms with Gasteiger partial charge in [-0.25, -0.2) is 0 Å². The molecule has 1 amide bonds. The van der Waals surface area contributed by atoms with E-state index in [2.05, 4.69) is 29.4 Å². The number of nitrogens with zero attached hydrogens (tertiary/aromatic N) is 1. The molecule has 1 aliphatic heterocycles. The van der Waals surface area contributed by atoms with E-state index in [9.17, 15) is 4.79 Å². The highest BCUT2D eigenvalue weighted by Crippen LogP contribution is 2.07. The van der Waals surface area contributed by atoms with Crippen LogP contribution in [0, 0.1) is 0 Å². The third-order valence-electron chi connectivity index (χ3n) is 3.34. The van der Waals surface area contributed by atoms with Crippen molar-refractivity contribution in [3.8, 4) is 0 Å². The first-order valence-corrected chi connectivity index (χ1v) is 6.41. The Morgan fingerprint density at radius 2 is 1.84 bits per heavy atom. The van der Waals surface area contributed by atoms with Crippen molar-refractivity contribution in [1.29, 1.82) is 0 Å². The number of ether oxygens (including phenoxy) is 1. The van der Waals surface area contributed by atoms with E-state index in [1.165, 1.54) is 0 Å². The standard InChI is InChI=1S/C12H25N3O2.2ClH/c1-10(14-12(16)4-5-13-3)11(2)15-6-8-17-9-7-15;;/h10-11,13H,4-9H2,1-3H3,(H,14,16);2*1H. The monoisotopic (exact) mass is 315 g/mol. The Morgan fingerprint density at radius 1 is 1.26 bits per heavy atom. The highest BCUT2D eigenvalue weighted by Gasteiger charge is 2.22. The summed E-state index contributed by atoms with van der Waals surface area (Å²) in [7, 11) is 1.85. The van der Waals surface area contributed by atoms with Crippen LogP contribution >= 0.6 is 24.8 Å². The van der Waals surface area contributed by atoms with Gasteiger partial charge in [-0.05, 0) is 20.9 Å². The van der Waals surface area contributed by atoms with Crippen molar-refractivity contribution in [2.75, 3.05) is 39.9 Å². The van der Waals surface area contributed by atoms with Crippen molar-refractivity contribution in [1.82, 2.24) is 15.5 Å². The van der Waals surface area contributed by atoms with E-state index in [0.29, 0.717) is 12.5 Å². The second-order valence-electron chi connectivity index (χ2n) is 4.60. The van der Waals surface area contributed by atoms with Crippen LogP contribution in [-0.2, 0) is 9.53 Å². The van der Waals surface area contributed by atoms with E-state index in [4.69, 9.17) is 4.74 Å². The number of morpholine rings is 1. The fraction of sp³-hybridized carbons (Fsp3) is 0.917. The molecule has 0 radical (unpaired) electrons. The molecule has 0 aromatic rings. The molecule has 0 saturated carbocycles. The Bertz CT molecular complexity index is 239. The number of hydrogen-bond donors (Lipinski definition) is 2. The van der Waals surface area contributed by atoms with Gasteiger partial charge in [0.05, 0.1) is 13.2 Å². The first-order chi connectivity index (χ1) is 8.15. The van der Waals surface area contributed by atoms with Crippen molar-refractivity contribution >= 4 is 30.7 Å². The van der Waals surface area contributed by atoms with Gasteiger partial charge in [0.1, 0.15) is 0 Å². The molecule has 1 rings (SSSR count). The minimum atomic E-state index is 0. The van der Waals surface area contributed by atoms with Gasteiger partial charge in [-0.2, -0.15) is 0 Å². The summed E-state index contributed by atoms with van der Waals surface area (Å²) in [5.74, 6) is 0.118. The van der Waals surface area contributed by atoms with Crippen LogP contribution in [0.3, 0.4) is 0 Å². The van der Waals surface area contributed by atoms with Crippen LogP contribution in [0.15, 0.2) is 0 Å². The molecule has 19 heavy (non-hydrogen) atoms. The summed E-state index contributed by atoms with van der Waals surface area (Å²) in [6.07, 6.45) is 0.538. The van der Waals surface area contributed by atoms with Gasteiger partial charge >= 0.3 is 0 Å². The van der Waals surface area contributed by atoms with Crippen molar-refractivity contribution < 1.29 is 9.53 Å². The van der Waals surface area contributed by atoms with Crippen molar-refractivity contribution in [2.24, 2.45) is 0 Å². The molecule has 1 heterocycles. The molecule has 7 heteroatoms. The molecule has 0 spiro atoms. The fourth-order valence-corrected chi connectivity index (χ4v) is 1.99. The lowest BCUT2D eigenvalue weighted by Gasteiger charge is -2.35. The van der Waals surface area contributed by atoms with E-state index in [1.54, 1.807) is 0 Å². The van der Waals surface area contributed by atoms with Crippen LogP contribution in [0.5, 0.6) is 0 Å². The Morgan fingerprint density at radius 3 is 2.37 bits per heavy atom. The Labute approximate surface area is 128 Å². The summed E-state index contributed by atoms with van der Waals surface area (Å²) < 4.78 is 5.33. The molecule has 1 aliphatic rings. The van der Waals surface area contributed by atoms with Crippen molar-refractivity contribution in [3.05, 3.63) is 0 Å². The van der Waals surface area contributed by atoms with Crippen LogP contribution in [0.25, 0.3) is 0 Å². The Kier molecular flexibility index (Phi) is 13.1. The van der Waals surface area contributed by atoms with Crippen molar-refractivity contribution in [3.63, 3.8) is 0 Å². The van der Waals surface area contributed by atoms with E-state index >= 15 is 0 Å². The quantitative estimate of drug-likeness (QED) is 0.756. The van der Waals surface area contributed by atoms with Crippen LogP contribution in [-0.4, -0.2) is 62.8 Å².